The van der Waals surface area contributed by atoms with Crippen molar-refractivity contribution in [3.63, 3.8) is 0 Å². The van der Waals surface area contributed by atoms with Crippen LogP contribution < -0.4 is 0 Å². The Morgan fingerprint density at radius 1 is 1.16 bits per heavy atom. The molecule has 0 aliphatic carbocycles. The van der Waals surface area contributed by atoms with E-state index in [-0.39, 0.29) is 0 Å². The zero-order chi connectivity index (χ0) is 12.8. The van der Waals surface area contributed by atoms with Crippen LogP contribution in [-0.2, 0) is 11.5 Å². The zero-order valence-corrected chi connectivity index (χ0v) is 11.5. The summed E-state index contributed by atoms with van der Waals surface area (Å²) in [5.74, 6) is 2.46. The van der Waals surface area contributed by atoms with Crippen LogP contribution in [-0.4, -0.2) is 9.97 Å². The molecule has 3 aromatic rings. The Bertz CT molecular complexity index is 784. The summed E-state index contributed by atoms with van der Waals surface area (Å²) in [6, 6.07) is 7.87. The van der Waals surface area contributed by atoms with Gasteiger partial charge >= 0.3 is 0 Å². The number of hydrogen-bond donors (Lipinski definition) is 0. The minimum atomic E-state index is 0.565. The molecule has 0 saturated heterocycles. The van der Waals surface area contributed by atoms with Crippen LogP contribution in [0.25, 0.3) is 22.4 Å². The average Bonchev–Trinajstić information content (AvgIpc) is 3.04. The van der Waals surface area contributed by atoms with Crippen LogP contribution in [0.3, 0.4) is 0 Å². The summed E-state index contributed by atoms with van der Waals surface area (Å²) in [5, 5.41) is 1.58. The first-order chi connectivity index (χ1) is 9.33. The number of rotatable bonds is 1. The van der Waals surface area contributed by atoms with E-state index in [1.54, 1.807) is 6.26 Å². The molecule has 94 valence electrons. The molecule has 0 bridgehead atoms. The molecule has 3 nitrogen and oxygen atoms in total. The summed E-state index contributed by atoms with van der Waals surface area (Å²) in [6.45, 7) is 0. The minimum absolute atomic E-state index is 0.565. The average molecular weight is 289 g/mol. The molecule has 0 spiro atoms. The maximum absolute atomic E-state index is 6.25. The molecule has 2 aromatic heterocycles. The van der Waals surface area contributed by atoms with E-state index < -0.39 is 0 Å². The highest BCUT2D eigenvalue weighted by Crippen LogP contribution is 2.35. The second kappa shape index (κ2) is 4.25. The standard InChI is InChI=1S/C14H9ClN2OS/c15-13-10-6-19-7-11(10)16-14(17-13)9-5-18-12-4-2-1-3-8(9)12/h1-5H,6-7H2. The lowest BCUT2D eigenvalue weighted by molar-refractivity contribution is 0.616. The summed E-state index contributed by atoms with van der Waals surface area (Å²) in [7, 11) is 0. The van der Waals surface area contributed by atoms with Crippen molar-refractivity contribution >= 4 is 34.3 Å². The van der Waals surface area contributed by atoms with E-state index in [2.05, 4.69) is 9.97 Å². The van der Waals surface area contributed by atoms with Gasteiger partial charge in [-0.15, -0.1) is 0 Å². The van der Waals surface area contributed by atoms with Gasteiger partial charge in [0, 0.05) is 22.5 Å². The Morgan fingerprint density at radius 3 is 3.00 bits per heavy atom. The third-order valence-electron chi connectivity index (χ3n) is 3.25. The second-order valence-corrected chi connectivity index (χ2v) is 5.75. The molecule has 1 aliphatic heterocycles. The number of thioether (sulfide) groups is 1. The fraction of sp³-hybridized carbons (Fsp3) is 0.143. The summed E-state index contributed by atoms with van der Waals surface area (Å²) < 4.78 is 5.53. The van der Waals surface area contributed by atoms with Gasteiger partial charge in [0.05, 0.1) is 11.3 Å². The van der Waals surface area contributed by atoms with Gasteiger partial charge in [-0.25, -0.2) is 9.97 Å². The monoisotopic (exact) mass is 288 g/mol. The van der Waals surface area contributed by atoms with Crippen LogP contribution in [0.4, 0.5) is 0 Å². The lowest BCUT2D eigenvalue weighted by Gasteiger charge is -2.03. The van der Waals surface area contributed by atoms with Gasteiger partial charge in [-0.05, 0) is 6.07 Å². The lowest BCUT2D eigenvalue weighted by atomic mass is 10.1. The fourth-order valence-corrected chi connectivity index (χ4v) is 3.66. The van der Waals surface area contributed by atoms with Gasteiger partial charge < -0.3 is 4.42 Å². The Balaban J connectivity index is 1.95. The van der Waals surface area contributed by atoms with Gasteiger partial charge in [0.1, 0.15) is 17.0 Å². The van der Waals surface area contributed by atoms with Crippen molar-refractivity contribution in [1.82, 2.24) is 9.97 Å². The maximum Gasteiger partial charge on any atom is 0.165 e. The van der Waals surface area contributed by atoms with Gasteiger partial charge in [0.2, 0.25) is 0 Å². The van der Waals surface area contributed by atoms with Crippen LogP contribution in [0.1, 0.15) is 11.3 Å². The molecule has 0 radical (unpaired) electrons. The van der Waals surface area contributed by atoms with Gasteiger partial charge in [0.25, 0.3) is 0 Å². The predicted molar refractivity (Wildman–Crippen MR) is 77.2 cm³/mol. The van der Waals surface area contributed by atoms with E-state index in [1.807, 2.05) is 36.0 Å². The largest absolute Gasteiger partial charge is 0.464 e. The summed E-state index contributed by atoms with van der Waals surface area (Å²) >= 11 is 8.06. The Morgan fingerprint density at radius 2 is 2.05 bits per heavy atom. The Labute approximate surface area is 119 Å². The molecule has 1 aromatic carbocycles. The third-order valence-corrected chi connectivity index (χ3v) is 4.53. The number of fused-ring (bicyclic) bond motifs is 2. The highest BCUT2D eigenvalue weighted by molar-refractivity contribution is 7.98. The van der Waals surface area contributed by atoms with Gasteiger partial charge in [0.15, 0.2) is 5.82 Å². The smallest absolute Gasteiger partial charge is 0.165 e. The third kappa shape index (κ3) is 1.75. The van der Waals surface area contributed by atoms with Crippen molar-refractivity contribution in [3.05, 3.63) is 46.9 Å². The highest BCUT2D eigenvalue weighted by Gasteiger charge is 2.20. The van der Waals surface area contributed by atoms with Crippen LogP contribution in [0, 0.1) is 0 Å². The van der Waals surface area contributed by atoms with Crippen molar-refractivity contribution in [2.75, 3.05) is 0 Å². The SMILES string of the molecule is Clc1nc(-c2coc3ccccc23)nc2c1CSC2. The molecule has 1 aliphatic rings. The van der Waals surface area contributed by atoms with Crippen molar-refractivity contribution in [1.29, 1.82) is 0 Å². The van der Waals surface area contributed by atoms with E-state index in [0.29, 0.717) is 11.0 Å². The predicted octanol–water partition coefficient (Wildman–Crippen LogP) is 4.29. The van der Waals surface area contributed by atoms with Crippen molar-refractivity contribution < 1.29 is 4.42 Å². The van der Waals surface area contributed by atoms with E-state index in [1.165, 1.54) is 0 Å². The molecule has 4 rings (SSSR count). The zero-order valence-electron chi connectivity index (χ0n) is 9.89. The molecule has 3 heterocycles. The quantitative estimate of drug-likeness (QED) is 0.626. The Kier molecular flexibility index (Phi) is 2.53. The molecule has 19 heavy (non-hydrogen) atoms. The molecule has 0 N–H and O–H groups in total. The van der Waals surface area contributed by atoms with Crippen LogP contribution >= 0.6 is 23.4 Å². The number of para-hydroxylation sites is 1. The molecule has 5 heteroatoms. The molecular weight excluding hydrogens is 280 g/mol. The number of halogens is 1. The second-order valence-electron chi connectivity index (χ2n) is 4.40. The van der Waals surface area contributed by atoms with Gasteiger partial charge in [-0.3, -0.25) is 0 Å². The van der Waals surface area contributed by atoms with Crippen LogP contribution in [0.15, 0.2) is 34.9 Å². The topological polar surface area (TPSA) is 38.9 Å². The number of furan rings is 1. The molecule has 0 atom stereocenters. The van der Waals surface area contributed by atoms with E-state index >= 15 is 0 Å². The minimum Gasteiger partial charge on any atom is -0.464 e. The Hall–Kier alpha value is -1.52. The summed E-state index contributed by atoms with van der Waals surface area (Å²) in [6.07, 6.45) is 1.70. The fourth-order valence-electron chi connectivity index (χ4n) is 2.28. The molecule has 0 amide bonds. The first-order valence-corrected chi connectivity index (χ1v) is 7.46. The number of aromatic nitrogens is 2. The van der Waals surface area contributed by atoms with Crippen molar-refractivity contribution in [2.24, 2.45) is 0 Å². The van der Waals surface area contributed by atoms with Crippen LogP contribution in [0.2, 0.25) is 5.15 Å². The van der Waals surface area contributed by atoms with Crippen molar-refractivity contribution in [3.8, 4) is 11.4 Å². The maximum atomic E-state index is 6.25. The number of benzene rings is 1. The lowest BCUT2D eigenvalue weighted by Crippen LogP contribution is -1.96. The van der Waals surface area contributed by atoms with Gasteiger partial charge in [-0.2, -0.15) is 11.8 Å². The molecule has 0 fully saturated rings. The summed E-state index contributed by atoms with van der Waals surface area (Å²) in [5.41, 5.74) is 3.86. The number of hydrogen-bond acceptors (Lipinski definition) is 4. The molecule has 0 unspecified atom stereocenters. The van der Waals surface area contributed by atoms with Crippen LogP contribution in [0.5, 0.6) is 0 Å². The van der Waals surface area contributed by atoms with E-state index in [9.17, 15) is 0 Å². The normalized spacial score (nSPS) is 13.9. The number of nitrogens with zero attached hydrogens (tertiary/aromatic N) is 2. The van der Waals surface area contributed by atoms with E-state index in [0.717, 1.165) is 39.3 Å². The first kappa shape index (κ1) is 11.3. The molecule has 0 saturated carbocycles. The molecular formula is C14H9ClN2OS. The summed E-state index contributed by atoms with van der Waals surface area (Å²) in [4.78, 5) is 9.05. The first-order valence-electron chi connectivity index (χ1n) is 5.92. The van der Waals surface area contributed by atoms with Crippen molar-refractivity contribution in [2.45, 2.75) is 11.5 Å². The van der Waals surface area contributed by atoms with E-state index in [4.69, 9.17) is 16.0 Å². The van der Waals surface area contributed by atoms with Gasteiger partial charge in [-0.1, -0.05) is 29.8 Å². The highest BCUT2D eigenvalue weighted by atomic mass is 35.5.